The number of nitrogens with one attached hydrogen (secondary N) is 2. The largest absolute Gasteiger partial charge is 0.341 e. The van der Waals surface area contributed by atoms with Gasteiger partial charge in [-0.3, -0.25) is 10.3 Å². The minimum absolute atomic E-state index is 0.306. The van der Waals surface area contributed by atoms with E-state index in [4.69, 9.17) is 0 Å². The Hall–Kier alpha value is -1.69. The number of rotatable bonds is 1. The van der Waals surface area contributed by atoms with Gasteiger partial charge < -0.3 is 5.32 Å². The van der Waals surface area contributed by atoms with Crippen LogP contribution in [0.1, 0.15) is 0 Å². The molecule has 2 aromatic rings. The lowest BCUT2D eigenvalue weighted by molar-refractivity contribution is 0.254. The van der Waals surface area contributed by atoms with Gasteiger partial charge in [-0.05, 0) is 22.0 Å². The molecule has 0 aromatic carbocycles. The number of hydrogen-bond acceptors (Lipinski definition) is 3. The number of anilines is 1. The van der Waals surface area contributed by atoms with Gasteiger partial charge in [-0.1, -0.05) is 0 Å². The zero-order chi connectivity index (χ0) is 11.5. The molecule has 82 valence electrons. The van der Waals surface area contributed by atoms with Gasteiger partial charge in [0.15, 0.2) is 0 Å². The van der Waals surface area contributed by atoms with E-state index in [1.54, 1.807) is 25.6 Å². The molecule has 0 spiro atoms. The van der Waals surface area contributed by atoms with E-state index >= 15 is 0 Å². The first kappa shape index (κ1) is 10.8. The fraction of sp³-hybridized carbons (Fsp3) is 0.100. The molecule has 0 aliphatic rings. The van der Waals surface area contributed by atoms with Gasteiger partial charge in [-0.2, -0.15) is 0 Å². The molecule has 2 aromatic heterocycles. The molecule has 2 heterocycles. The molecule has 0 saturated carbocycles. The van der Waals surface area contributed by atoms with Crippen LogP contribution in [0, 0.1) is 0 Å². The fourth-order valence-corrected chi connectivity index (χ4v) is 1.77. The van der Waals surface area contributed by atoms with Crippen LogP contribution in [0.5, 0.6) is 0 Å². The third kappa shape index (κ3) is 1.96. The summed E-state index contributed by atoms with van der Waals surface area (Å²) >= 11 is 3.40. The van der Waals surface area contributed by atoms with Gasteiger partial charge in [0.2, 0.25) is 0 Å². The highest BCUT2D eigenvalue weighted by molar-refractivity contribution is 9.10. The Balaban J connectivity index is 2.54. The highest BCUT2D eigenvalue weighted by atomic mass is 79.9. The molecular formula is C10H9BrN4O. The van der Waals surface area contributed by atoms with Crippen molar-refractivity contribution < 1.29 is 4.79 Å². The second kappa shape index (κ2) is 4.44. The van der Waals surface area contributed by atoms with E-state index in [1.165, 1.54) is 0 Å². The molecule has 0 radical (unpaired) electrons. The van der Waals surface area contributed by atoms with Crippen molar-refractivity contribution >= 4 is 38.6 Å². The topological polar surface area (TPSA) is 66.9 Å². The summed E-state index contributed by atoms with van der Waals surface area (Å²) in [7, 11) is 1.55. The molecule has 0 atom stereocenters. The van der Waals surface area contributed by atoms with Crippen molar-refractivity contribution in [1.29, 1.82) is 0 Å². The van der Waals surface area contributed by atoms with Crippen molar-refractivity contribution in [1.82, 2.24) is 15.3 Å². The molecule has 0 unspecified atom stereocenters. The number of carbonyl (C=O) groups is 1. The lowest BCUT2D eigenvalue weighted by Gasteiger charge is -2.07. The summed E-state index contributed by atoms with van der Waals surface area (Å²) in [6.45, 7) is 0. The third-order valence-electron chi connectivity index (χ3n) is 2.10. The lowest BCUT2D eigenvalue weighted by atomic mass is 10.2. The van der Waals surface area contributed by atoms with Crippen LogP contribution in [0.15, 0.2) is 29.1 Å². The van der Waals surface area contributed by atoms with Crippen LogP contribution in [0.25, 0.3) is 10.8 Å². The van der Waals surface area contributed by atoms with E-state index in [-0.39, 0.29) is 6.03 Å². The monoisotopic (exact) mass is 280 g/mol. The van der Waals surface area contributed by atoms with Gasteiger partial charge >= 0.3 is 6.03 Å². The number of amides is 2. The van der Waals surface area contributed by atoms with E-state index in [0.29, 0.717) is 5.82 Å². The Bertz CT molecular complexity index is 543. The first-order valence-corrected chi connectivity index (χ1v) is 5.38. The maximum atomic E-state index is 11.2. The number of hydrogen-bond donors (Lipinski definition) is 2. The maximum Gasteiger partial charge on any atom is 0.320 e. The Morgan fingerprint density at radius 2 is 2.19 bits per heavy atom. The van der Waals surface area contributed by atoms with Crippen molar-refractivity contribution in [3.8, 4) is 0 Å². The second-order valence-electron chi connectivity index (χ2n) is 3.08. The van der Waals surface area contributed by atoms with Crippen molar-refractivity contribution in [2.75, 3.05) is 12.4 Å². The van der Waals surface area contributed by atoms with Crippen LogP contribution in [0.2, 0.25) is 0 Å². The smallest absolute Gasteiger partial charge is 0.320 e. The minimum Gasteiger partial charge on any atom is -0.341 e. The van der Waals surface area contributed by atoms with Crippen molar-refractivity contribution in [3.05, 3.63) is 29.1 Å². The van der Waals surface area contributed by atoms with Crippen molar-refractivity contribution in [3.63, 3.8) is 0 Å². The SMILES string of the molecule is CNC(=O)Nc1ncc(Br)c2ccncc12. The summed E-state index contributed by atoms with van der Waals surface area (Å²) in [5.74, 6) is 0.491. The van der Waals surface area contributed by atoms with Gasteiger partial charge in [0.25, 0.3) is 0 Å². The highest BCUT2D eigenvalue weighted by Crippen LogP contribution is 2.26. The molecule has 5 nitrogen and oxygen atoms in total. The predicted octanol–water partition coefficient (Wildman–Crippen LogP) is 2.14. The lowest BCUT2D eigenvalue weighted by Crippen LogP contribution is -2.25. The number of aromatic nitrogens is 2. The molecule has 6 heteroatoms. The molecule has 2 rings (SSSR count). The summed E-state index contributed by atoms with van der Waals surface area (Å²) in [4.78, 5) is 19.4. The second-order valence-corrected chi connectivity index (χ2v) is 3.93. The Morgan fingerprint density at radius 3 is 2.94 bits per heavy atom. The van der Waals surface area contributed by atoms with Gasteiger partial charge in [0.1, 0.15) is 5.82 Å². The van der Waals surface area contributed by atoms with Crippen molar-refractivity contribution in [2.45, 2.75) is 0 Å². The number of halogens is 1. The molecule has 0 saturated heterocycles. The van der Waals surface area contributed by atoms with Gasteiger partial charge in [-0.15, -0.1) is 0 Å². The van der Waals surface area contributed by atoms with Crippen LogP contribution in [-0.4, -0.2) is 23.0 Å². The molecule has 2 amide bonds. The fourth-order valence-electron chi connectivity index (χ4n) is 1.32. The van der Waals surface area contributed by atoms with Crippen LogP contribution in [-0.2, 0) is 0 Å². The highest BCUT2D eigenvalue weighted by Gasteiger charge is 2.07. The minimum atomic E-state index is -0.306. The van der Waals surface area contributed by atoms with Gasteiger partial charge in [0.05, 0.1) is 0 Å². The van der Waals surface area contributed by atoms with Crippen LogP contribution in [0.3, 0.4) is 0 Å². The number of carbonyl (C=O) groups excluding carboxylic acids is 1. The van der Waals surface area contributed by atoms with Gasteiger partial charge in [0, 0.05) is 40.9 Å². The summed E-state index contributed by atoms with van der Waals surface area (Å²) in [6.07, 6.45) is 5.00. The summed E-state index contributed by atoms with van der Waals surface area (Å²) in [6, 6.07) is 1.55. The predicted molar refractivity (Wildman–Crippen MR) is 65.3 cm³/mol. The van der Waals surface area contributed by atoms with Crippen LogP contribution in [0.4, 0.5) is 10.6 Å². The average molecular weight is 281 g/mol. The zero-order valence-corrected chi connectivity index (χ0v) is 10.1. The van der Waals surface area contributed by atoms with Crippen molar-refractivity contribution in [2.24, 2.45) is 0 Å². The Labute approximate surface area is 100 Å². The van der Waals surface area contributed by atoms with E-state index in [1.807, 2.05) is 6.07 Å². The summed E-state index contributed by atoms with van der Waals surface area (Å²) in [5.41, 5.74) is 0. The van der Waals surface area contributed by atoms with E-state index in [9.17, 15) is 4.79 Å². The number of fused-ring (bicyclic) bond motifs is 1. The molecule has 16 heavy (non-hydrogen) atoms. The quantitative estimate of drug-likeness (QED) is 0.841. The molecule has 0 fully saturated rings. The number of urea groups is 1. The first-order chi connectivity index (χ1) is 7.72. The maximum absolute atomic E-state index is 11.2. The summed E-state index contributed by atoms with van der Waals surface area (Å²) < 4.78 is 0.868. The number of nitrogens with zero attached hydrogens (tertiary/aromatic N) is 2. The molecule has 0 bridgehead atoms. The van der Waals surface area contributed by atoms with Crippen LogP contribution >= 0.6 is 15.9 Å². The Morgan fingerprint density at radius 1 is 1.38 bits per heavy atom. The normalized spacial score (nSPS) is 10.1. The molecule has 2 N–H and O–H groups in total. The summed E-state index contributed by atoms with van der Waals surface area (Å²) in [5, 5.41) is 6.86. The van der Waals surface area contributed by atoms with Crippen LogP contribution < -0.4 is 10.6 Å². The van der Waals surface area contributed by atoms with Gasteiger partial charge in [-0.25, -0.2) is 9.78 Å². The molecule has 0 aliphatic carbocycles. The van der Waals surface area contributed by atoms with E-state index < -0.39 is 0 Å². The number of pyridine rings is 2. The van der Waals surface area contributed by atoms with E-state index in [0.717, 1.165) is 15.2 Å². The third-order valence-corrected chi connectivity index (χ3v) is 2.73. The molecule has 0 aliphatic heterocycles. The Kier molecular flexibility index (Phi) is 3.00. The zero-order valence-electron chi connectivity index (χ0n) is 8.49. The standard InChI is InChI=1S/C10H9BrN4O/c1-12-10(16)15-9-7-4-13-3-2-6(7)8(11)5-14-9/h2-5H,1H3,(H2,12,14,15,16). The van der Waals surface area contributed by atoms with E-state index in [2.05, 4.69) is 36.5 Å². The first-order valence-electron chi connectivity index (χ1n) is 4.59. The molecular weight excluding hydrogens is 272 g/mol. The average Bonchev–Trinajstić information content (AvgIpc) is 2.33.